The summed E-state index contributed by atoms with van der Waals surface area (Å²) in [5.41, 5.74) is 0. The molecule has 0 aromatic carbocycles. The summed E-state index contributed by atoms with van der Waals surface area (Å²) in [7, 11) is -4.73. The van der Waals surface area contributed by atoms with Crippen LogP contribution in [0.1, 0.15) is 239 Å². The topological polar surface area (TPSA) is 155 Å². The van der Waals surface area contributed by atoms with Gasteiger partial charge in [0.2, 0.25) is 0 Å². The Morgan fingerprint density at radius 2 is 0.823 bits per heavy atom. The minimum atomic E-state index is -4.73. The second kappa shape index (κ2) is 45.5. The van der Waals surface area contributed by atoms with Crippen LogP contribution in [0.3, 0.4) is 0 Å². The lowest BCUT2D eigenvalue weighted by atomic mass is 10.1. The van der Waals surface area contributed by atoms with E-state index >= 15 is 0 Å². The number of carbonyl (C=O) groups excluding carboxylic acids is 3. The van der Waals surface area contributed by atoms with E-state index in [0.29, 0.717) is 19.3 Å². The Kier molecular flexibility index (Phi) is 44.0. The molecule has 0 heterocycles. The zero-order valence-corrected chi connectivity index (χ0v) is 40.7. The number of phosphoric ester groups is 1. The van der Waals surface area contributed by atoms with Crippen molar-refractivity contribution in [2.24, 2.45) is 0 Å². The molecule has 11 nitrogen and oxygen atoms in total. The number of rotatable bonds is 47. The highest BCUT2D eigenvalue weighted by Gasteiger charge is 2.28. The molecular formula is C50H93O11P. The Labute approximate surface area is 378 Å². The first-order valence-corrected chi connectivity index (χ1v) is 26.7. The van der Waals surface area contributed by atoms with Crippen molar-refractivity contribution in [1.82, 2.24) is 0 Å². The highest BCUT2D eigenvalue weighted by atomic mass is 31.2. The van der Waals surface area contributed by atoms with Gasteiger partial charge in [0, 0.05) is 19.3 Å². The third kappa shape index (κ3) is 43.2. The molecule has 364 valence electrons. The molecule has 2 N–H and O–H groups in total. The molecule has 62 heavy (non-hydrogen) atoms. The minimum absolute atomic E-state index is 0.170. The van der Waals surface area contributed by atoms with Crippen molar-refractivity contribution in [3.8, 4) is 0 Å². The van der Waals surface area contributed by atoms with E-state index in [0.717, 1.165) is 83.5 Å². The summed E-state index contributed by atoms with van der Waals surface area (Å²) in [5, 5.41) is 9.74. The molecule has 0 radical (unpaired) electrons. The highest BCUT2D eigenvalue weighted by molar-refractivity contribution is 7.47. The molecule has 0 aliphatic carbocycles. The first-order valence-electron chi connectivity index (χ1n) is 25.2. The van der Waals surface area contributed by atoms with Crippen molar-refractivity contribution >= 4 is 25.7 Å². The van der Waals surface area contributed by atoms with E-state index in [-0.39, 0.29) is 25.9 Å². The van der Waals surface area contributed by atoms with E-state index < -0.39 is 57.8 Å². The maximum Gasteiger partial charge on any atom is 0.472 e. The van der Waals surface area contributed by atoms with Crippen LogP contribution in [-0.2, 0) is 42.2 Å². The van der Waals surface area contributed by atoms with Crippen molar-refractivity contribution in [3.63, 3.8) is 0 Å². The number of esters is 3. The quantitative estimate of drug-likeness (QED) is 0.0197. The predicted molar refractivity (Wildman–Crippen MR) is 252 cm³/mol. The first-order chi connectivity index (χ1) is 30.2. The van der Waals surface area contributed by atoms with Gasteiger partial charge in [0.1, 0.15) is 12.7 Å². The van der Waals surface area contributed by atoms with Gasteiger partial charge in [0.15, 0.2) is 6.10 Å². The summed E-state index contributed by atoms with van der Waals surface area (Å²) < 4.78 is 39.2. The minimum Gasteiger partial charge on any atom is -0.462 e. The Hall–Kier alpha value is -2.04. The van der Waals surface area contributed by atoms with E-state index in [4.69, 9.17) is 23.3 Å². The third-order valence-corrected chi connectivity index (χ3v) is 11.8. The molecule has 0 saturated carbocycles. The number of carbonyl (C=O) groups is 3. The van der Waals surface area contributed by atoms with Gasteiger partial charge in [-0.25, -0.2) is 4.57 Å². The average molecular weight is 901 g/mol. The molecule has 3 unspecified atom stereocenters. The molecule has 0 aliphatic rings. The lowest BCUT2D eigenvalue weighted by Gasteiger charge is -2.21. The van der Waals surface area contributed by atoms with Crippen LogP contribution in [0.5, 0.6) is 0 Å². The van der Waals surface area contributed by atoms with Gasteiger partial charge < -0.3 is 24.2 Å². The average Bonchev–Trinajstić information content (AvgIpc) is 3.25. The fourth-order valence-corrected chi connectivity index (χ4v) is 7.77. The van der Waals surface area contributed by atoms with E-state index in [2.05, 4.69) is 45.1 Å². The molecule has 0 aromatic heterocycles. The van der Waals surface area contributed by atoms with E-state index in [1.54, 1.807) is 0 Å². The maximum atomic E-state index is 12.8. The molecule has 3 atom stereocenters. The summed E-state index contributed by atoms with van der Waals surface area (Å²) in [6.45, 7) is 4.55. The molecule has 0 rings (SSSR count). The van der Waals surface area contributed by atoms with Crippen LogP contribution in [0.2, 0.25) is 0 Å². The van der Waals surface area contributed by atoms with Gasteiger partial charge in [0.05, 0.1) is 19.8 Å². The monoisotopic (exact) mass is 901 g/mol. The maximum absolute atomic E-state index is 12.8. The van der Waals surface area contributed by atoms with Crippen molar-refractivity contribution in [2.45, 2.75) is 251 Å². The number of unbranched alkanes of at least 4 members (excludes halogenated alkanes) is 26. The number of allylic oxidation sites excluding steroid dienone is 4. The fraction of sp³-hybridized carbons (Fsp3) is 0.860. The van der Waals surface area contributed by atoms with Gasteiger partial charge in [-0.3, -0.25) is 23.4 Å². The zero-order valence-electron chi connectivity index (χ0n) is 39.9. The molecule has 0 spiro atoms. The summed E-state index contributed by atoms with van der Waals surface area (Å²) in [6.07, 6.45) is 41.5. The smallest absolute Gasteiger partial charge is 0.462 e. The first kappa shape index (κ1) is 60.0. The predicted octanol–water partition coefficient (Wildman–Crippen LogP) is 13.9. The molecule has 0 fully saturated rings. The van der Waals surface area contributed by atoms with Crippen LogP contribution in [0.15, 0.2) is 24.3 Å². The largest absolute Gasteiger partial charge is 0.472 e. The Morgan fingerprint density at radius 3 is 1.26 bits per heavy atom. The van der Waals surface area contributed by atoms with E-state index in [1.807, 2.05) is 0 Å². The number of aliphatic hydroxyl groups is 1. The second-order valence-corrected chi connectivity index (χ2v) is 18.4. The third-order valence-electron chi connectivity index (χ3n) is 10.9. The van der Waals surface area contributed by atoms with Crippen LogP contribution in [-0.4, -0.2) is 66.5 Å². The molecule has 12 heteroatoms. The number of hydrogen-bond acceptors (Lipinski definition) is 10. The lowest BCUT2D eigenvalue weighted by Crippen LogP contribution is -2.30. The summed E-state index contributed by atoms with van der Waals surface area (Å²) >= 11 is 0. The van der Waals surface area contributed by atoms with Crippen LogP contribution in [0.25, 0.3) is 0 Å². The lowest BCUT2D eigenvalue weighted by molar-refractivity contribution is -0.161. The molecule has 0 aromatic rings. The van der Waals surface area contributed by atoms with Crippen LogP contribution in [0, 0.1) is 0 Å². The normalized spacial score (nSPS) is 13.7. The molecule has 0 bridgehead atoms. The van der Waals surface area contributed by atoms with Gasteiger partial charge in [-0.2, -0.15) is 0 Å². The van der Waals surface area contributed by atoms with Crippen LogP contribution >= 0.6 is 7.82 Å². The van der Waals surface area contributed by atoms with Gasteiger partial charge in [-0.15, -0.1) is 0 Å². The molecule has 0 saturated heterocycles. The van der Waals surface area contributed by atoms with E-state index in [9.17, 15) is 28.9 Å². The van der Waals surface area contributed by atoms with Crippen molar-refractivity contribution in [3.05, 3.63) is 24.3 Å². The number of ether oxygens (including phenoxy) is 3. The SMILES string of the molecule is CCC/C=C\C/C=C\CCCCCCCC(=O)OCC(COP(=O)(O)OCC(CO)OC(=O)CCCCCCCCCCCCC)OC(=O)CCCCCCCCCCCCC. The van der Waals surface area contributed by atoms with Crippen LogP contribution in [0.4, 0.5) is 0 Å². The Balaban J connectivity index is 4.73. The van der Waals surface area contributed by atoms with Gasteiger partial charge in [0.25, 0.3) is 0 Å². The van der Waals surface area contributed by atoms with Crippen molar-refractivity contribution < 1.29 is 52.2 Å². The fourth-order valence-electron chi connectivity index (χ4n) is 6.98. The second-order valence-electron chi connectivity index (χ2n) is 17.0. The van der Waals surface area contributed by atoms with Crippen molar-refractivity contribution in [1.29, 1.82) is 0 Å². The molecule has 0 amide bonds. The molecular weight excluding hydrogens is 808 g/mol. The summed E-state index contributed by atoms with van der Waals surface area (Å²) in [6, 6.07) is 0. The zero-order chi connectivity index (χ0) is 45.6. The molecule has 0 aliphatic heterocycles. The van der Waals surface area contributed by atoms with Crippen molar-refractivity contribution in [2.75, 3.05) is 26.4 Å². The highest BCUT2D eigenvalue weighted by Crippen LogP contribution is 2.43. The Morgan fingerprint density at radius 1 is 0.452 bits per heavy atom. The van der Waals surface area contributed by atoms with Gasteiger partial charge in [-0.05, 0) is 44.9 Å². The van der Waals surface area contributed by atoms with Gasteiger partial charge >= 0.3 is 25.7 Å². The van der Waals surface area contributed by atoms with E-state index in [1.165, 1.54) is 96.3 Å². The van der Waals surface area contributed by atoms with Gasteiger partial charge in [-0.1, -0.05) is 199 Å². The summed E-state index contributed by atoms with van der Waals surface area (Å²) in [4.78, 5) is 48.1. The van der Waals surface area contributed by atoms with Crippen LogP contribution < -0.4 is 0 Å². The Bertz CT molecular complexity index is 1140. The number of phosphoric acid groups is 1. The summed E-state index contributed by atoms with van der Waals surface area (Å²) in [5.74, 6) is -1.47. The standard InChI is InChI=1S/C50H93O11P/c1-4-7-10-13-16-19-22-23-26-27-30-33-36-39-48(52)57-43-47(61-50(54)41-38-35-32-29-25-21-18-15-12-9-6-3)45-59-62(55,56)58-44-46(42-51)60-49(53)40-37-34-31-28-24-20-17-14-11-8-5-2/h10,13,19,22,46-47,51H,4-9,11-12,14-18,20-21,23-45H2,1-3H3,(H,55,56)/b13-10-,22-19-. The number of hydrogen-bond donors (Lipinski definition) is 2. The number of aliphatic hydroxyl groups excluding tert-OH is 1.